The number of anilines is 1. The van der Waals surface area contributed by atoms with Crippen molar-refractivity contribution >= 4 is 17.5 Å². The molecule has 4 rings (SSSR count). The Morgan fingerprint density at radius 2 is 1.63 bits per heavy atom. The van der Waals surface area contributed by atoms with Crippen LogP contribution in [-0.2, 0) is 16.0 Å². The van der Waals surface area contributed by atoms with Gasteiger partial charge in [0.25, 0.3) is 0 Å². The summed E-state index contributed by atoms with van der Waals surface area (Å²) < 4.78 is 0. The average Bonchev–Trinajstić information content (AvgIpc) is 3.04. The van der Waals surface area contributed by atoms with Gasteiger partial charge in [-0.25, -0.2) is 0 Å². The molecular weight excluding hydrogens is 338 g/mol. The van der Waals surface area contributed by atoms with E-state index in [4.69, 9.17) is 0 Å². The van der Waals surface area contributed by atoms with E-state index in [1.165, 1.54) is 5.56 Å². The van der Waals surface area contributed by atoms with Gasteiger partial charge in [-0.1, -0.05) is 48.5 Å². The smallest absolute Gasteiger partial charge is 0.250 e. The van der Waals surface area contributed by atoms with E-state index in [1.54, 1.807) is 4.90 Å². The van der Waals surface area contributed by atoms with Gasteiger partial charge in [-0.3, -0.25) is 9.59 Å². The first kappa shape index (κ1) is 17.6. The van der Waals surface area contributed by atoms with Crippen molar-refractivity contribution in [2.24, 2.45) is 0 Å². The topological polar surface area (TPSA) is 43.9 Å². The number of amides is 2. The molecule has 0 aromatic heterocycles. The van der Waals surface area contributed by atoms with Crippen molar-refractivity contribution in [3.05, 3.63) is 65.7 Å². The monoisotopic (exact) mass is 363 g/mol. The minimum absolute atomic E-state index is 0.0843. The van der Waals surface area contributed by atoms with E-state index >= 15 is 0 Å². The zero-order chi connectivity index (χ0) is 18.8. The second-order valence-electron chi connectivity index (χ2n) is 7.28. The Labute approximate surface area is 160 Å². The lowest BCUT2D eigenvalue weighted by Gasteiger charge is -2.34. The maximum atomic E-state index is 13.6. The number of carbonyl (C=O) groups excluding carboxylic acids is 2. The van der Waals surface area contributed by atoms with Crippen LogP contribution in [-0.4, -0.2) is 54.8 Å². The highest BCUT2D eigenvalue weighted by Crippen LogP contribution is 2.36. The van der Waals surface area contributed by atoms with Crippen LogP contribution >= 0.6 is 0 Å². The molecule has 0 spiro atoms. The van der Waals surface area contributed by atoms with Gasteiger partial charge in [0.15, 0.2) is 0 Å². The number of likely N-dealkylation sites (N-methyl/N-ethyl adjacent to an activating group) is 1. The van der Waals surface area contributed by atoms with E-state index in [1.807, 2.05) is 48.3 Å². The molecule has 0 bridgehead atoms. The van der Waals surface area contributed by atoms with Gasteiger partial charge in [0, 0.05) is 45.3 Å². The summed E-state index contributed by atoms with van der Waals surface area (Å²) in [5, 5.41) is 0. The van der Waals surface area contributed by atoms with Gasteiger partial charge in [0.2, 0.25) is 11.8 Å². The molecule has 140 valence electrons. The van der Waals surface area contributed by atoms with E-state index in [0.717, 1.165) is 24.2 Å². The average molecular weight is 363 g/mol. The van der Waals surface area contributed by atoms with Crippen LogP contribution in [0.25, 0.3) is 0 Å². The van der Waals surface area contributed by atoms with E-state index in [9.17, 15) is 9.59 Å². The third-order valence-electron chi connectivity index (χ3n) is 5.62. The molecule has 1 atom stereocenters. The standard InChI is InChI=1S/C22H25N3O2/c1-23-15-16-24(13-12-20(23)26)22(27)21(18-8-3-2-4-9-18)25-14-11-17-7-5-6-10-19(17)25/h2-10,21H,11-16H2,1H3. The first-order valence-corrected chi connectivity index (χ1v) is 9.57. The molecular formula is C22H25N3O2. The number of carbonyl (C=O) groups is 2. The lowest BCUT2D eigenvalue weighted by Crippen LogP contribution is -2.44. The molecule has 5 nitrogen and oxygen atoms in total. The van der Waals surface area contributed by atoms with Gasteiger partial charge in [0.1, 0.15) is 6.04 Å². The van der Waals surface area contributed by atoms with E-state index < -0.39 is 0 Å². The molecule has 27 heavy (non-hydrogen) atoms. The summed E-state index contributed by atoms with van der Waals surface area (Å²) in [6.45, 7) is 2.49. The van der Waals surface area contributed by atoms with Gasteiger partial charge in [-0.15, -0.1) is 0 Å². The fraction of sp³-hybridized carbons (Fsp3) is 0.364. The fourth-order valence-electron chi connectivity index (χ4n) is 4.05. The van der Waals surface area contributed by atoms with Crippen LogP contribution in [0.3, 0.4) is 0 Å². The number of para-hydroxylation sites is 1. The summed E-state index contributed by atoms with van der Waals surface area (Å²) in [7, 11) is 1.81. The molecule has 5 heteroatoms. The number of rotatable bonds is 3. The van der Waals surface area contributed by atoms with Gasteiger partial charge in [-0.05, 0) is 23.6 Å². The minimum Gasteiger partial charge on any atom is -0.355 e. The van der Waals surface area contributed by atoms with Crippen molar-refractivity contribution in [1.29, 1.82) is 0 Å². The van der Waals surface area contributed by atoms with Crippen molar-refractivity contribution in [2.45, 2.75) is 18.9 Å². The Morgan fingerprint density at radius 1 is 0.889 bits per heavy atom. The Morgan fingerprint density at radius 3 is 2.44 bits per heavy atom. The summed E-state index contributed by atoms with van der Waals surface area (Å²) in [6, 6.07) is 18.0. The molecule has 2 aliphatic heterocycles. The first-order chi connectivity index (χ1) is 13.1. The van der Waals surface area contributed by atoms with Gasteiger partial charge < -0.3 is 14.7 Å². The summed E-state index contributed by atoms with van der Waals surface area (Å²) in [6.07, 6.45) is 1.34. The third-order valence-corrected chi connectivity index (χ3v) is 5.62. The van der Waals surface area contributed by atoms with Crippen molar-refractivity contribution < 1.29 is 9.59 Å². The van der Waals surface area contributed by atoms with Crippen molar-refractivity contribution in [3.8, 4) is 0 Å². The third kappa shape index (κ3) is 3.42. The molecule has 0 radical (unpaired) electrons. The van der Waals surface area contributed by atoms with Gasteiger partial charge in [0.05, 0.1) is 0 Å². The highest BCUT2D eigenvalue weighted by atomic mass is 16.2. The van der Waals surface area contributed by atoms with Crippen molar-refractivity contribution in [1.82, 2.24) is 9.80 Å². The Kier molecular flexibility index (Phi) is 4.84. The van der Waals surface area contributed by atoms with Crippen LogP contribution < -0.4 is 4.90 Å². The summed E-state index contributed by atoms with van der Waals surface area (Å²) in [5.41, 5.74) is 3.43. The Hall–Kier alpha value is -2.82. The maximum absolute atomic E-state index is 13.6. The van der Waals surface area contributed by atoms with Crippen molar-refractivity contribution in [3.63, 3.8) is 0 Å². The lowest BCUT2D eigenvalue weighted by atomic mass is 10.0. The number of hydrogen-bond donors (Lipinski definition) is 0. The fourth-order valence-corrected chi connectivity index (χ4v) is 4.05. The van der Waals surface area contributed by atoms with E-state index in [-0.39, 0.29) is 17.9 Å². The Balaban J connectivity index is 1.67. The van der Waals surface area contributed by atoms with Crippen LogP contribution in [0.2, 0.25) is 0 Å². The zero-order valence-electron chi connectivity index (χ0n) is 15.7. The normalized spacial score (nSPS) is 18.3. The SMILES string of the molecule is CN1CCN(C(=O)C(c2ccccc2)N2CCc3ccccc32)CCC1=O. The summed E-state index contributed by atoms with van der Waals surface area (Å²) >= 11 is 0. The van der Waals surface area contributed by atoms with Crippen LogP contribution in [0, 0.1) is 0 Å². The molecule has 1 unspecified atom stereocenters. The predicted octanol–water partition coefficient (Wildman–Crippen LogP) is 2.48. The molecule has 2 aromatic rings. The van der Waals surface area contributed by atoms with Gasteiger partial charge >= 0.3 is 0 Å². The number of hydrogen-bond acceptors (Lipinski definition) is 3. The summed E-state index contributed by atoms with van der Waals surface area (Å²) in [5.74, 6) is 0.189. The molecule has 2 heterocycles. The number of nitrogens with zero attached hydrogens (tertiary/aromatic N) is 3. The molecule has 2 aromatic carbocycles. The van der Waals surface area contributed by atoms with Crippen molar-refractivity contribution in [2.75, 3.05) is 38.1 Å². The zero-order valence-corrected chi connectivity index (χ0v) is 15.7. The molecule has 1 saturated heterocycles. The predicted molar refractivity (Wildman–Crippen MR) is 106 cm³/mol. The van der Waals surface area contributed by atoms with Crippen LogP contribution in [0.5, 0.6) is 0 Å². The second-order valence-corrected chi connectivity index (χ2v) is 7.28. The van der Waals surface area contributed by atoms with Gasteiger partial charge in [-0.2, -0.15) is 0 Å². The van der Waals surface area contributed by atoms with Crippen LogP contribution in [0.4, 0.5) is 5.69 Å². The minimum atomic E-state index is -0.353. The highest BCUT2D eigenvalue weighted by molar-refractivity contribution is 5.88. The molecule has 2 aliphatic rings. The molecule has 0 aliphatic carbocycles. The molecule has 2 amide bonds. The quantitative estimate of drug-likeness (QED) is 0.842. The van der Waals surface area contributed by atoms with E-state index in [2.05, 4.69) is 23.1 Å². The molecule has 1 fully saturated rings. The molecule has 0 saturated carbocycles. The van der Waals surface area contributed by atoms with E-state index in [0.29, 0.717) is 26.1 Å². The number of fused-ring (bicyclic) bond motifs is 1. The number of benzene rings is 2. The highest BCUT2D eigenvalue weighted by Gasteiger charge is 2.35. The lowest BCUT2D eigenvalue weighted by molar-refractivity contribution is -0.132. The second kappa shape index (κ2) is 7.43. The largest absolute Gasteiger partial charge is 0.355 e. The Bertz CT molecular complexity index is 836. The molecule has 0 N–H and O–H groups in total. The first-order valence-electron chi connectivity index (χ1n) is 9.57. The summed E-state index contributed by atoms with van der Waals surface area (Å²) in [4.78, 5) is 31.4. The van der Waals surface area contributed by atoms with Crippen LogP contribution in [0.1, 0.15) is 23.6 Å². The van der Waals surface area contributed by atoms with Crippen LogP contribution in [0.15, 0.2) is 54.6 Å². The maximum Gasteiger partial charge on any atom is 0.250 e.